The fourth-order valence-electron chi connectivity index (χ4n) is 3.83. The Labute approximate surface area is 209 Å². The molecule has 3 N–H and O–H groups in total. The van der Waals surface area contributed by atoms with Crippen LogP contribution in [0, 0.1) is 0 Å². The summed E-state index contributed by atoms with van der Waals surface area (Å²) in [5, 5.41) is 15.3. The van der Waals surface area contributed by atoms with Crippen LogP contribution >= 0.6 is 0 Å². The summed E-state index contributed by atoms with van der Waals surface area (Å²) < 4.78 is 0. The molecule has 1 aliphatic rings. The number of fused-ring (bicyclic) bond motifs is 1. The molecule has 0 atom stereocenters. The average molecular weight is 486 g/mol. The van der Waals surface area contributed by atoms with E-state index in [-0.39, 0.29) is 29.9 Å². The second-order valence-corrected chi connectivity index (χ2v) is 8.40. The SMILES string of the molecule is CCN(C)C(=O)CN(C)c1ccc(N/C(=C2\C(=O)Nc3nc(C(=O)O)ccc32)c2ccccc2)cc1. The Bertz CT molecular complexity index is 1340. The highest BCUT2D eigenvalue weighted by Gasteiger charge is 2.30. The van der Waals surface area contributed by atoms with Crippen molar-refractivity contribution in [3.8, 4) is 0 Å². The fourth-order valence-corrected chi connectivity index (χ4v) is 3.83. The van der Waals surface area contributed by atoms with E-state index in [0.29, 0.717) is 23.4 Å². The number of carboxylic acid groups (broad SMARTS) is 1. The summed E-state index contributed by atoms with van der Waals surface area (Å²) in [5.41, 5.74) is 3.72. The number of anilines is 3. The normalized spacial score (nSPS) is 13.5. The highest BCUT2D eigenvalue weighted by molar-refractivity contribution is 6.37. The summed E-state index contributed by atoms with van der Waals surface area (Å²) in [7, 11) is 3.64. The van der Waals surface area contributed by atoms with Gasteiger partial charge in [0, 0.05) is 37.6 Å². The van der Waals surface area contributed by atoms with E-state index in [2.05, 4.69) is 15.6 Å². The van der Waals surface area contributed by atoms with Crippen molar-refractivity contribution >= 4 is 46.2 Å². The minimum atomic E-state index is -1.17. The zero-order valence-electron chi connectivity index (χ0n) is 20.3. The van der Waals surface area contributed by atoms with Gasteiger partial charge in [0.25, 0.3) is 5.91 Å². The molecule has 0 fully saturated rings. The molecule has 0 bridgehead atoms. The number of aromatic carboxylic acids is 1. The Morgan fingerprint density at radius 1 is 1.00 bits per heavy atom. The van der Waals surface area contributed by atoms with E-state index in [9.17, 15) is 19.5 Å². The molecule has 9 nitrogen and oxygen atoms in total. The third-order valence-electron chi connectivity index (χ3n) is 6.01. The summed E-state index contributed by atoms with van der Waals surface area (Å²) in [4.78, 5) is 44.2. The van der Waals surface area contributed by atoms with E-state index >= 15 is 0 Å². The second-order valence-electron chi connectivity index (χ2n) is 8.40. The summed E-state index contributed by atoms with van der Waals surface area (Å²) in [6.07, 6.45) is 0. The van der Waals surface area contributed by atoms with Gasteiger partial charge in [-0.3, -0.25) is 9.59 Å². The number of carboxylic acids is 1. The molecule has 2 heterocycles. The Balaban J connectivity index is 1.67. The van der Waals surface area contributed by atoms with Crippen LogP contribution in [0.15, 0.2) is 66.7 Å². The first-order valence-corrected chi connectivity index (χ1v) is 11.5. The molecule has 36 heavy (non-hydrogen) atoms. The van der Waals surface area contributed by atoms with E-state index in [1.54, 1.807) is 18.0 Å². The Hall–Kier alpha value is -4.66. The molecule has 3 aromatic rings. The molecule has 0 unspecified atom stereocenters. The summed E-state index contributed by atoms with van der Waals surface area (Å²) >= 11 is 0. The highest BCUT2D eigenvalue weighted by Crippen LogP contribution is 2.36. The second kappa shape index (κ2) is 10.3. The van der Waals surface area contributed by atoms with E-state index in [1.165, 1.54) is 6.07 Å². The van der Waals surface area contributed by atoms with E-state index in [4.69, 9.17) is 0 Å². The lowest BCUT2D eigenvalue weighted by atomic mass is 10.0. The van der Waals surface area contributed by atoms with Crippen LogP contribution in [0.3, 0.4) is 0 Å². The lowest BCUT2D eigenvalue weighted by Gasteiger charge is -2.23. The van der Waals surface area contributed by atoms with Crippen LogP contribution in [-0.4, -0.2) is 60.0 Å². The van der Waals surface area contributed by atoms with Gasteiger partial charge in [0.15, 0.2) is 5.69 Å². The predicted octanol–water partition coefficient (Wildman–Crippen LogP) is 3.63. The van der Waals surface area contributed by atoms with Gasteiger partial charge >= 0.3 is 5.97 Å². The molecule has 184 valence electrons. The molecule has 0 spiro atoms. The van der Waals surface area contributed by atoms with Gasteiger partial charge < -0.3 is 25.5 Å². The minimum absolute atomic E-state index is 0.0314. The molecule has 2 amide bonds. The van der Waals surface area contributed by atoms with Crippen molar-refractivity contribution in [1.82, 2.24) is 9.88 Å². The van der Waals surface area contributed by atoms with Crippen LogP contribution in [0.5, 0.6) is 0 Å². The Kier molecular flexibility index (Phi) is 7.00. The molecule has 2 aromatic carbocycles. The van der Waals surface area contributed by atoms with Crippen LogP contribution in [0.1, 0.15) is 28.5 Å². The van der Waals surface area contributed by atoms with E-state index in [1.807, 2.05) is 73.5 Å². The number of aromatic nitrogens is 1. The predicted molar refractivity (Wildman–Crippen MR) is 140 cm³/mol. The Morgan fingerprint density at radius 3 is 2.33 bits per heavy atom. The minimum Gasteiger partial charge on any atom is -0.477 e. The monoisotopic (exact) mass is 485 g/mol. The molecular formula is C27H27N5O4. The van der Waals surface area contributed by atoms with Gasteiger partial charge in [-0.15, -0.1) is 0 Å². The lowest BCUT2D eigenvalue weighted by molar-refractivity contribution is -0.128. The number of pyridine rings is 1. The standard InChI is InChI=1S/C27H27N5O4/c1-4-31(2)22(33)16-32(3)19-12-10-18(11-13-19)28-24(17-8-6-5-7-9-17)23-20-14-15-21(27(35)36)29-25(20)30-26(23)34/h5-15,28H,4,16H2,1-3H3,(H,35,36)(H,29,30,34)/b24-23-. The maximum Gasteiger partial charge on any atom is 0.354 e. The van der Waals surface area contributed by atoms with Gasteiger partial charge in [0.2, 0.25) is 5.91 Å². The highest BCUT2D eigenvalue weighted by atomic mass is 16.4. The number of carbonyl (C=O) groups is 3. The van der Waals surface area contributed by atoms with Gasteiger partial charge in [-0.25, -0.2) is 9.78 Å². The van der Waals surface area contributed by atoms with Crippen molar-refractivity contribution in [1.29, 1.82) is 0 Å². The van der Waals surface area contributed by atoms with E-state index < -0.39 is 5.97 Å². The summed E-state index contributed by atoms with van der Waals surface area (Å²) in [6, 6.07) is 19.9. The quantitative estimate of drug-likeness (QED) is 0.418. The van der Waals surface area contributed by atoms with Gasteiger partial charge in [0.05, 0.1) is 17.8 Å². The third kappa shape index (κ3) is 5.05. The molecule has 0 aliphatic carbocycles. The molecule has 0 saturated carbocycles. The van der Waals surface area contributed by atoms with Gasteiger partial charge in [-0.05, 0) is 48.9 Å². The number of nitrogens with one attached hydrogen (secondary N) is 2. The van der Waals surface area contributed by atoms with Gasteiger partial charge in [-0.1, -0.05) is 30.3 Å². The number of amides is 2. The summed E-state index contributed by atoms with van der Waals surface area (Å²) in [5.74, 6) is -1.30. The average Bonchev–Trinajstić information content (AvgIpc) is 3.22. The first-order chi connectivity index (χ1) is 17.3. The largest absolute Gasteiger partial charge is 0.477 e. The molecule has 9 heteroatoms. The van der Waals surface area contributed by atoms with E-state index in [0.717, 1.165) is 16.9 Å². The maximum atomic E-state index is 13.0. The van der Waals surface area contributed by atoms with Crippen LogP contribution in [0.4, 0.5) is 17.2 Å². The van der Waals surface area contributed by atoms with Crippen molar-refractivity contribution in [3.05, 3.63) is 83.6 Å². The zero-order chi connectivity index (χ0) is 25.8. The van der Waals surface area contributed by atoms with Crippen molar-refractivity contribution in [3.63, 3.8) is 0 Å². The van der Waals surface area contributed by atoms with Crippen molar-refractivity contribution in [2.45, 2.75) is 6.92 Å². The molecule has 4 rings (SSSR count). The topological polar surface area (TPSA) is 115 Å². The van der Waals surface area contributed by atoms with Crippen LogP contribution in [0.2, 0.25) is 0 Å². The number of carbonyl (C=O) groups excluding carboxylic acids is 2. The zero-order valence-corrected chi connectivity index (χ0v) is 20.3. The smallest absolute Gasteiger partial charge is 0.354 e. The van der Waals surface area contributed by atoms with Gasteiger partial charge in [-0.2, -0.15) is 0 Å². The maximum absolute atomic E-state index is 13.0. The molecule has 0 radical (unpaired) electrons. The lowest BCUT2D eigenvalue weighted by Crippen LogP contribution is -2.36. The first kappa shape index (κ1) is 24.5. The third-order valence-corrected chi connectivity index (χ3v) is 6.01. The molecular weight excluding hydrogens is 458 g/mol. The number of hydrogen-bond acceptors (Lipinski definition) is 6. The summed E-state index contributed by atoms with van der Waals surface area (Å²) in [6.45, 7) is 2.84. The van der Waals surface area contributed by atoms with Crippen molar-refractivity contribution in [2.24, 2.45) is 0 Å². The van der Waals surface area contributed by atoms with Crippen molar-refractivity contribution in [2.75, 3.05) is 42.7 Å². The Morgan fingerprint density at radius 2 is 1.69 bits per heavy atom. The first-order valence-electron chi connectivity index (χ1n) is 11.5. The number of likely N-dealkylation sites (N-methyl/N-ethyl adjacent to an activating group) is 2. The van der Waals surface area contributed by atoms with Crippen LogP contribution in [-0.2, 0) is 9.59 Å². The number of rotatable bonds is 8. The molecule has 1 aromatic heterocycles. The fraction of sp³-hybridized carbons (Fsp3) is 0.185. The molecule has 0 saturated heterocycles. The number of benzene rings is 2. The molecule has 1 aliphatic heterocycles. The van der Waals surface area contributed by atoms with Crippen LogP contribution < -0.4 is 15.5 Å². The van der Waals surface area contributed by atoms with Gasteiger partial charge in [0.1, 0.15) is 5.82 Å². The number of nitrogens with zero attached hydrogens (tertiary/aromatic N) is 3. The van der Waals surface area contributed by atoms with Crippen LogP contribution in [0.25, 0.3) is 11.3 Å². The number of hydrogen-bond donors (Lipinski definition) is 3. The van der Waals surface area contributed by atoms with Crippen molar-refractivity contribution < 1.29 is 19.5 Å².